The van der Waals surface area contributed by atoms with Gasteiger partial charge in [-0.2, -0.15) is 0 Å². The maximum absolute atomic E-state index is 9.60. The number of hydrogen-bond acceptors (Lipinski definition) is 4. The zero-order valence-electron chi connectivity index (χ0n) is 39.8. The highest BCUT2D eigenvalue weighted by molar-refractivity contribution is 6.24. The Morgan fingerprint density at radius 1 is 0.421 bits per heavy atom. The summed E-state index contributed by atoms with van der Waals surface area (Å²) in [4.78, 5) is 14.8. The zero-order valence-corrected chi connectivity index (χ0v) is 29.8. The molecule has 6 nitrogen and oxygen atoms in total. The molecule has 12 rings (SSSR count). The largest absolute Gasteiger partial charge is 0.455 e. The monoisotopic (exact) mass is 739 g/mol. The molecule has 0 radical (unpaired) electrons. The first-order valence-corrected chi connectivity index (χ1v) is 18.3. The average Bonchev–Trinajstić information content (AvgIpc) is 4.05. The van der Waals surface area contributed by atoms with E-state index in [-0.39, 0.29) is 73.8 Å². The molecule has 0 aliphatic carbocycles. The van der Waals surface area contributed by atoms with E-state index in [4.69, 9.17) is 26.2 Å². The number of benzene rings is 8. The second-order valence-electron chi connectivity index (χ2n) is 13.7. The second-order valence-corrected chi connectivity index (χ2v) is 13.7. The van der Waals surface area contributed by atoms with Crippen LogP contribution < -0.4 is 0 Å². The van der Waals surface area contributed by atoms with Crippen LogP contribution >= 0.6 is 0 Å². The third-order valence-corrected chi connectivity index (χ3v) is 10.4. The lowest BCUT2D eigenvalue weighted by Gasteiger charge is -2.12. The van der Waals surface area contributed by atoms with Gasteiger partial charge in [-0.05, 0) is 48.5 Å². The average molecular weight is 740 g/mol. The summed E-state index contributed by atoms with van der Waals surface area (Å²) in [6.45, 7) is 0. The number of furan rings is 1. The van der Waals surface area contributed by atoms with E-state index < -0.39 is 30.2 Å². The van der Waals surface area contributed by atoms with Gasteiger partial charge in [0.15, 0.2) is 17.5 Å². The molecule has 0 aliphatic heterocycles. The topological polar surface area (TPSA) is 61.7 Å². The van der Waals surface area contributed by atoms with Gasteiger partial charge in [0.05, 0.1) is 41.3 Å². The van der Waals surface area contributed by atoms with Gasteiger partial charge in [-0.1, -0.05) is 139 Å². The first kappa shape index (κ1) is 23.2. The number of rotatable bonds is 5. The van der Waals surface area contributed by atoms with E-state index in [0.717, 1.165) is 11.1 Å². The van der Waals surface area contributed by atoms with Crippen LogP contribution in [0.1, 0.15) is 13.7 Å². The maximum atomic E-state index is 9.60. The molecule has 0 unspecified atom stereocenters. The fourth-order valence-corrected chi connectivity index (χ4v) is 7.93. The molecule has 4 heterocycles. The van der Waals surface area contributed by atoms with Crippen LogP contribution in [0.3, 0.4) is 0 Å². The fourth-order valence-electron chi connectivity index (χ4n) is 7.93. The molecular formula is C51H31N5O. The van der Waals surface area contributed by atoms with Crippen molar-refractivity contribution in [3.05, 3.63) is 188 Å². The van der Waals surface area contributed by atoms with Gasteiger partial charge < -0.3 is 13.6 Å². The third kappa shape index (κ3) is 4.81. The van der Waals surface area contributed by atoms with Crippen LogP contribution in [-0.4, -0.2) is 24.1 Å². The van der Waals surface area contributed by atoms with Crippen molar-refractivity contribution in [2.45, 2.75) is 0 Å². The van der Waals surface area contributed by atoms with E-state index in [2.05, 4.69) is 0 Å². The molecule has 0 saturated carbocycles. The van der Waals surface area contributed by atoms with Crippen LogP contribution in [0.4, 0.5) is 0 Å². The quantitative estimate of drug-likeness (QED) is 0.176. The van der Waals surface area contributed by atoms with Gasteiger partial charge >= 0.3 is 0 Å². The van der Waals surface area contributed by atoms with Crippen molar-refractivity contribution in [1.82, 2.24) is 24.1 Å². The molecule has 0 atom stereocenters. The van der Waals surface area contributed by atoms with Crippen molar-refractivity contribution in [2.24, 2.45) is 0 Å². The molecule has 266 valence electrons. The van der Waals surface area contributed by atoms with E-state index >= 15 is 0 Å². The maximum Gasteiger partial charge on any atom is 0.167 e. The van der Waals surface area contributed by atoms with Gasteiger partial charge in [0.25, 0.3) is 0 Å². The minimum Gasteiger partial charge on any atom is -0.455 e. The number of aromatic nitrogens is 5. The Morgan fingerprint density at radius 2 is 0.965 bits per heavy atom. The predicted octanol–water partition coefficient (Wildman–Crippen LogP) is 13.0. The highest BCUT2D eigenvalue weighted by Crippen LogP contribution is 2.43. The number of fused-ring (bicyclic) bond motifs is 10. The lowest BCUT2D eigenvalue weighted by molar-refractivity contribution is 0.669. The van der Waals surface area contributed by atoms with E-state index in [0.29, 0.717) is 56.3 Å². The molecule has 6 heteroatoms. The molecule has 0 spiro atoms. The van der Waals surface area contributed by atoms with E-state index in [9.17, 15) is 6.85 Å². The standard InChI is InChI=1S/C51H31N5O/c1-4-15-32(16-5-1)49-52-50(33-17-6-2-7-18-33)54-51(53-49)41-24-14-23-40-42-31-35(27-30-45(42)57-48(40)41)56-44-26-13-11-22-37(44)39-29-28-38-36-21-10-12-25-43(36)55(46(38)47(39)56)34-19-8-3-9-20-34/h1-31H/i10D,11D,12D,13D,21D,22D,25D,26D,28D,29D. The van der Waals surface area contributed by atoms with E-state index in [1.807, 2.05) is 91.0 Å². The molecule has 0 amide bonds. The molecule has 0 aliphatic rings. The number of nitrogens with zero attached hydrogens (tertiary/aromatic N) is 5. The van der Waals surface area contributed by atoms with E-state index in [1.54, 1.807) is 45.5 Å². The Morgan fingerprint density at radius 3 is 1.58 bits per heavy atom. The molecule has 8 aromatic carbocycles. The SMILES string of the molecule is [2H]c1c([2H])c([2H])c2c(c1[2H])c1c([2H])c([2H])c3c4c([2H])c([2H])c([2H])c([2H])c4n(-c4ccc5oc6c(-c7nc(-c8ccccc8)nc(-c8ccccc8)n7)cccc6c5c4)c3c1n2-c1ccccc1. The number of para-hydroxylation sites is 4. The molecule has 0 bridgehead atoms. The molecular weight excluding hydrogens is 699 g/mol. The normalized spacial score (nSPS) is 14.3. The smallest absolute Gasteiger partial charge is 0.167 e. The van der Waals surface area contributed by atoms with Gasteiger partial charge in [-0.25, -0.2) is 15.0 Å². The summed E-state index contributed by atoms with van der Waals surface area (Å²) in [5.74, 6) is 1.34. The highest BCUT2D eigenvalue weighted by Gasteiger charge is 2.23. The Kier molecular flexibility index (Phi) is 5.02. The Bertz CT molecular complexity index is 4040. The summed E-state index contributed by atoms with van der Waals surface area (Å²) in [7, 11) is 0. The van der Waals surface area contributed by atoms with Gasteiger partial charge in [-0.15, -0.1) is 0 Å². The first-order chi connectivity index (χ1) is 32.4. The molecule has 4 aromatic heterocycles. The van der Waals surface area contributed by atoms with E-state index in [1.165, 1.54) is 0 Å². The van der Waals surface area contributed by atoms with Crippen molar-refractivity contribution in [2.75, 3.05) is 0 Å². The lowest BCUT2D eigenvalue weighted by Crippen LogP contribution is -2.00. The predicted molar refractivity (Wildman–Crippen MR) is 232 cm³/mol. The van der Waals surface area contributed by atoms with Crippen molar-refractivity contribution < 1.29 is 18.1 Å². The van der Waals surface area contributed by atoms with Gasteiger partial charge in [-0.3, -0.25) is 0 Å². The van der Waals surface area contributed by atoms with Crippen molar-refractivity contribution >= 4 is 65.6 Å². The van der Waals surface area contributed by atoms with Gasteiger partial charge in [0, 0.05) is 54.8 Å². The fraction of sp³-hybridized carbons (Fsp3) is 0. The first-order valence-electron chi connectivity index (χ1n) is 23.3. The van der Waals surface area contributed by atoms with Crippen molar-refractivity contribution in [3.8, 4) is 45.5 Å². The Hall–Kier alpha value is -7.83. The molecule has 0 fully saturated rings. The Labute approximate surface area is 340 Å². The minimum absolute atomic E-state index is 0.0172. The van der Waals surface area contributed by atoms with Crippen LogP contribution in [0.2, 0.25) is 0 Å². The number of hydrogen-bond donors (Lipinski definition) is 0. The van der Waals surface area contributed by atoms with Crippen LogP contribution in [0, 0.1) is 0 Å². The summed E-state index contributed by atoms with van der Waals surface area (Å²) in [6, 6.07) is 35.0. The lowest BCUT2D eigenvalue weighted by atomic mass is 10.1. The third-order valence-electron chi connectivity index (χ3n) is 10.4. The summed E-state index contributed by atoms with van der Waals surface area (Å²) >= 11 is 0. The van der Waals surface area contributed by atoms with Crippen LogP contribution in [0.5, 0.6) is 0 Å². The zero-order chi connectivity index (χ0) is 46.2. The second kappa shape index (κ2) is 12.3. The summed E-state index contributed by atoms with van der Waals surface area (Å²) in [6.07, 6.45) is 0. The van der Waals surface area contributed by atoms with Gasteiger partial charge in [0.2, 0.25) is 0 Å². The Balaban J connectivity index is 1.21. The molecule has 0 N–H and O–H groups in total. The van der Waals surface area contributed by atoms with Crippen molar-refractivity contribution in [1.29, 1.82) is 0 Å². The summed E-state index contributed by atoms with van der Waals surface area (Å²) < 4.78 is 101. The molecule has 57 heavy (non-hydrogen) atoms. The van der Waals surface area contributed by atoms with Crippen LogP contribution in [0.25, 0.3) is 111 Å². The summed E-state index contributed by atoms with van der Waals surface area (Å²) in [5.41, 5.74) is 4.70. The van der Waals surface area contributed by atoms with Crippen molar-refractivity contribution in [3.63, 3.8) is 0 Å². The van der Waals surface area contributed by atoms with Crippen LogP contribution in [0.15, 0.2) is 192 Å². The molecule has 12 aromatic rings. The minimum atomic E-state index is -0.515. The summed E-state index contributed by atoms with van der Waals surface area (Å²) in [5, 5.41) is 1.53. The van der Waals surface area contributed by atoms with Gasteiger partial charge in [0.1, 0.15) is 11.2 Å². The molecule has 0 saturated heterocycles. The highest BCUT2D eigenvalue weighted by atomic mass is 16.3. The van der Waals surface area contributed by atoms with Crippen LogP contribution in [-0.2, 0) is 0 Å².